The van der Waals surface area contributed by atoms with E-state index < -0.39 is 0 Å². The van der Waals surface area contributed by atoms with E-state index in [4.69, 9.17) is 0 Å². The number of nitrogens with one attached hydrogen (secondary N) is 5. The molecule has 6 atom stereocenters. The van der Waals surface area contributed by atoms with Crippen LogP contribution >= 0.6 is 0 Å². The Morgan fingerprint density at radius 1 is 1.32 bits per heavy atom. The Labute approximate surface area is 149 Å². The van der Waals surface area contributed by atoms with Gasteiger partial charge in [-0.05, 0) is 39.7 Å². The van der Waals surface area contributed by atoms with Crippen molar-refractivity contribution >= 4 is 11.8 Å². The van der Waals surface area contributed by atoms with E-state index >= 15 is 0 Å². The number of hydrazine groups is 1. The van der Waals surface area contributed by atoms with Crippen molar-refractivity contribution in [3.05, 3.63) is 0 Å². The summed E-state index contributed by atoms with van der Waals surface area (Å²) in [5, 5.41) is 15.0. The molecule has 0 aromatic carbocycles. The highest BCUT2D eigenvalue weighted by atomic mass is 16.2. The predicted molar refractivity (Wildman–Crippen MR) is 95.2 cm³/mol. The van der Waals surface area contributed by atoms with E-state index in [2.05, 4.69) is 33.6 Å². The first-order valence-electron chi connectivity index (χ1n) is 9.52. The van der Waals surface area contributed by atoms with Crippen LogP contribution in [0.25, 0.3) is 0 Å². The number of carbonyl (C=O) groups excluding carboxylic acids is 2. The quantitative estimate of drug-likeness (QED) is 0.456. The van der Waals surface area contributed by atoms with Crippen LogP contribution in [-0.2, 0) is 9.59 Å². The molecule has 3 aliphatic heterocycles. The SMILES string of the molecule is CC1CC(NC(=O)CC2C(=O)NC(C3CCCCN3)NC2C)N(C)N1. The zero-order valence-electron chi connectivity index (χ0n) is 15.5. The number of carbonyl (C=O) groups is 2. The first kappa shape index (κ1) is 18.6. The molecule has 0 aliphatic carbocycles. The molecular formula is C17H32N6O2. The van der Waals surface area contributed by atoms with Gasteiger partial charge in [0.1, 0.15) is 0 Å². The maximum atomic E-state index is 12.6. The van der Waals surface area contributed by atoms with E-state index in [9.17, 15) is 9.59 Å². The largest absolute Gasteiger partial charge is 0.339 e. The molecule has 3 saturated heterocycles. The summed E-state index contributed by atoms with van der Waals surface area (Å²) >= 11 is 0. The second-order valence-electron chi connectivity index (χ2n) is 7.77. The topological polar surface area (TPSA) is 97.5 Å². The molecule has 8 heteroatoms. The molecule has 0 aromatic rings. The second-order valence-corrected chi connectivity index (χ2v) is 7.77. The van der Waals surface area contributed by atoms with Gasteiger partial charge in [-0.25, -0.2) is 5.01 Å². The average molecular weight is 352 g/mol. The van der Waals surface area contributed by atoms with E-state index in [1.54, 1.807) is 0 Å². The highest BCUT2D eigenvalue weighted by Gasteiger charge is 2.38. The minimum Gasteiger partial charge on any atom is -0.339 e. The highest BCUT2D eigenvalue weighted by Crippen LogP contribution is 2.19. The summed E-state index contributed by atoms with van der Waals surface area (Å²) < 4.78 is 0. The van der Waals surface area contributed by atoms with E-state index in [0.29, 0.717) is 6.04 Å². The number of hydrogen-bond acceptors (Lipinski definition) is 6. The zero-order chi connectivity index (χ0) is 18.0. The van der Waals surface area contributed by atoms with Gasteiger partial charge in [0.15, 0.2) is 0 Å². The average Bonchev–Trinajstić information content (AvgIpc) is 2.89. The van der Waals surface area contributed by atoms with Crippen LogP contribution in [0.2, 0.25) is 0 Å². The van der Waals surface area contributed by atoms with Gasteiger partial charge in [-0.1, -0.05) is 6.42 Å². The lowest BCUT2D eigenvalue weighted by molar-refractivity contribution is -0.135. The maximum absolute atomic E-state index is 12.6. The predicted octanol–water partition coefficient (Wildman–Crippen LogP) is -0.760. The molecule has 3 rings (SSSR count). The number of rotatable bonds is 4. The Balaban J connectivity index is 1.51. The van der Waals surface area contributed by atoms with Gasteiger partial charge in [0.25, 0.3) is 0 Å². The Bertz CT molecular complexity index is 496. The Morgan fingerprint density at radius 2 is 2.12 bits per heavy atom. The lowest BCUT2D eigenvalue weighted by atomic mass is 9.91. The van der Waals surface area contributed by atoms with Crippen molar-refractivity contribution in [3.63, 3.8) is 0 Å². The van der Waals surface area contributed by atoms with Gasteiger partial charge in [-0.2, -0.15) is 0 Å². The highest BCUT2D eigenvalue weighted by molar-refractivity contribution is 5.87. The third-order valence-corrected chi connectivity index (χ3v) is 5.63. The van der Waals surface area contributed by atoms with Gasteiger partial charge >= 0.3 is 0 Å². The van der Waals surface area contributed by atoms with Crippen LogP contribution in [0.1, 0.15) is 46.0 Å². The van der Waals surface area contributed by atoms with Crippen molar-refractivity contribution in [2.45, 2.75) is 76.4 Å². The minimum absolute atomic E-state index is 0.0170. The molecule has 6 unspecified atom stereocenters. The van der Waals surface area contributed by atoms with Gasteiger partial charge in [-0.3, -0.25) is 20.3 Å². The van der Waals surface area contributed by atoms with Crippen LogP contribution in [0.5, 0.6) is 0 Å². The number of nitrogens with zero attached hydrogens (tertiary/aromatic N) is 1. The monoisotopic (exact) mass is 352 g/mol. The molecule has 8 nitrogen and oxygen atoms in total. The van der Waals surface area contributed by atoms with Crippen LogP contribution in [0.15, 0.2) is 0 Å². The Hall–Kier alpha value is -1.22. The smallest absolute Gasteiger partial charge is 0.226 e. The van der Waals surface area contributed by atoms with Crippen LogP contribution in [0.4, 0.5) is 0 Å². The molecule has 0 aromatic heterocycles. The van der Waals surface area contributed by atoms with Crippen LogP contribution in [0.3, 0.4) is 0 Å². The summed E-state index contributed by atoms with van der Waals surface area (Å²) in [5.41, 5.74) is 3.26. The molecule has 0 bridgehead atoms. The van der Waals surface area contributed by atoms with Crippen LogP contribution in [-0.4, -0.2) is 60.9 Å². The van der Waals surface area contributed by atoms with E-state index in [1.165, 1.54) is 12.8 Å². The van der Waals surface area contributed by atoms with Crippen molar-refractivity contribution in [2.24, 2.45) is 5.92 Å². The second kappa shape index (κ2) is 7.99. The molecule has 0 radical (unpaired) electrons. The van der Waals surface area contributed by atoms with Gasteiger partial charge in [0, 0.05) is 31.6 Å². The molecule has 2 amide bonds. The van der Waals surface area contributed by atoms with Gasteiger partial charge in [0.05, 0.1) is 18.2 Å². The van der Waals surface area contributed by atoms with Gasteiger partial charge in [0.2, 0.25) is 11.8 Å². The number of amides is 2. The van der Waals surface area contributed by atoms with E-state index in [-0.39, 0.29) is 48.6 Å². The summed E-state index contributed by atoms with van der Waals surface area (Å²) in [6, 6.07) is 0.596. The fraction of sp³-hybridized carbons (Fsp3) is 0.882. The van der Waals surface area contributed by atoms with Crippen molar-refractivity contribution in [1.29, 1.82) is 0 Å². The molecule has 5 N–H and O–H groups in total. The lowest BCUT2D eigenvalue weighted by Gasteiger charge is -2.41. The molecule has 25 heavy (non-hydrogen) atoms. The van der Waals surface area contributed by atoms with Gasteiger partial charge < -0.3 is 16.0 Å². The molecule has 3 aliphatic rings. The van der Waals surface area contributed by atoms with Crippen molar-refractivity contribution in [3.8, 4) is 0 Å². The third-order valence-electron chi connectivity index (χ3n) is 5.63. The summed E-state index contributed by atoms with van der Waals surface area (Å²) in [6.45, 7) is 5.08. The standard InChI is InChI=1S/C17H32N6O2/c1-10-8-14(23(3)22-10)20-15(24)9-12-11(2)19-16(21-17(12)25)13-6-4-5-7-18-13/h10-14,16,18-19,22H,4-9H2,1-3H3,(H,20,24)(H,21,25). The van der Waals surface area contributed by atoms with Crippen molar-refractivity contribution in [1.82, 2.24) is 31.7 Å². The number of hydrogen-bond donors (Lipinski definition) is 5. The number of piperidine rings is 1. The van der Waals surface area contributed by atoms with Crippen LogP contribution < -0.4 is 26.7 Å². The molecular weight excluding hydrogens is 320 g/mol. The summed E-state index contributed by atoms with van der Waals surface area (Å²) in [4.78, 5) is 25.0. The zero-order valence-corrected chi connectivity index (χ0v) is 15.5. The van der Waals surface area contributed by atoms with Crippen molar-refractivity contribution < 1.29 is 9.59 Å². The van der Waals surface area contributed by atoms with E-state index in [1.807, 2.05) is 19.0 Å². The fourth-order valence-corrected chi connectivity index (χ4v) is 4.16. The molecule has 3 fully saturated rings. The third kappa shape index (κ3) is 4.49. The van der Waals surface area contributed by atoms with Crippen LogP contribution in [0, 0.1) is 5.92 Å². The lowest BCUT2D eigenvalue weighted by Crippen LogP contribution is -2.67. The summed E-state index contributed by atoms with van der Waals surface area (Å²) in [7, 11) is 1.92. The molecule has 0 spiro atoms. The molecule has 142 valence electrons. The Morgan fingerprint density at radius 3 is 2.72 bits per heavy atom. The normalized spacial score (nSPS) is 39.9. The van der Waals surface area contributed by atoms with E-state index in [0.717, 1.165) is 19.4 Å². The van der Waals surface area contributed by atoms with Crippen molar-refractivity contribution in [2.75, 3.05) is 13.6 Å². The Kier molecular flexibility index (Phi) is 5.93. The van der Waals surface area contributed by atoms with Gasteiger partial charge in [-0.15, -0.1) is 0 Å². The first-order valence-corrected chi connectivity index (χ1v) is 9.52. The summed E-state index contributed by atoms with van der Waals surface area (Å²) in [5.74, 6) is -0.433. The fourth-order valence-electron chi connectivity index (χ4n) is 4.16. The minimum atomic E-state index is -0.336. The maximum Gasteiger partial charge on any atom is 0.226 e. The molecule has 3 heterocycles. The first-order chi connectivity index (χ1) is 11.9. The molecule has 0 saturated carbocycles. The summed E-state index contributed by atoms with van der Waals surface area (Å²) in [6.07, 6.45) is 4.46.